The molecule has 0 bridgehead atoms. The zero-order valence-corrected chi connectivity index (χ0v) is 18.2. The fourth-order valence-corrected chi connectivity index (χ4v) is 4.92. The highest BCUT2D eigenvalue weighted by molar-refractivity contribution is 5.85. The maximum atomic E-state index is 12.9. The Morgan fingerprint density at radius 2 is 1.74 bits per heavy atom. The normalized spacial score (nSPS) is 25.3. The Morgan fingerprint density at radius 3 is 2.26 bits per heavy atom. The molecule has 8 heteroatoms. The Kier molecular flexibility index (Phi) is 10.3. The van der Waals surface area contributed by atoms with Gasteiger partial charge in [0, 0.05) is 52.0 Å². The molecule has 160 valence electrons. The Labute approximate surface area is 176 Å². The maximum absolute atomic E-state index is 12.9. The summed E-state index contributed by atoms with van der Waals surface area (Å²) in [6, 6.07) is 0. The van der Waals surface area contributed by atoms with Crippen molar-refractivity contribution in [1.29, 1.82) is 0 Å². The smallest absolute Gasteiger partial charge is 0.227 e. The number of rotatable bonds is 6. The zero-order chi connectivity index (χ0) is 17.8. The van der Waals surface area contributed by atoms with Gasteiger partial charge in [0.05, 0.1) is 11.5 Å². The lowest BCUT2D eigenvalue weighted by atomic mass is 9.79. The van der Waals surface area contributed by atoms with Crippen LogP contribution < -0.4 is 11.1 Å². The van der Waals surface area contributed by atoms with Gasteiger partial charge in [-0.2, -0.15) is 0 Å². The van der Waals surface area contributed by atoms with E-state index in [1.165, 1.54) is 25.7 Å². The molecule has 3 rings (SSSR count). The van der Waals surface area contributed by atoms with Crippen molar-refractivity contribution in [3.05, 3.63) is 0 Å². The van der Waals surface area contributed by atoms with Gasteiger partial charge >= 0.3 is 0 Å². The van der Waals surface area contributed by atoms with E-state index in [2.05, 4.69) is 10.2 Å². The molecule has 0 radical (unpaired) electrons. The van der Waals surface area contributed by atoms with Gasteiger partial charge in [-0.3, -0.25) is 9.69 Å². The lowest BCUT2D eigenvalue weighted by Crippen LogP contribution is -2.59. The van der Waals surface area contributed by atoms with Crippen molar-refractivity contribution < 1.29 is 14.3 Å². The number of nitrogens with zero attached hydrogens (tertiary/aromatic N) is 1. The van der Waals surface area contributed by atoms with Crippen LogP contribution in [0, 0.1) is 5.41 Å². The van der Waals surface area contributed by atoms with Crippen LogP contribution >= 0.6 is 24.8 Å². The number of hydrogen-bond acceptors (Lipinski definition) is 5. The number of nitrogens with two attached hydrogens (primary N) is 1. The molecule has 27 heavy (non-hydrogen) atoms. The first-order valence-electron chi connectivity index (χ1n) is 9.98. The molecule has 2 aliphatic heterocycles. The molecule has 0 unspecified atom stereocenters. The Morgan fingerprint density at radius 1 is 1.15 bits per heavy atom. The Balaban J connectivity index is 0.00000182. The van der Waals surface area contributed by atoms with Crippen LogP contribution in [0.4, 0.5) is 0 Å². The number of carbonyl (C=O) groups excluding carboxylic acids is 1. The van der Waals surface area contributed by atoms with Crippen molar-refractivity contribution in [2.24, 2.45) is 11.1 Å². The minimum Gasteiger partial charge on any atom is -0.381 e. The van der Waals surface area contributed by atoms with Crippen LogP contribution in [0.2, 0.25) is 0 Å². The molecular formula is C19H37Cl2N3O3. The van der Waals surface area contributed by atoms with Crippen LogP contribution in [0.5, 0.6) is 0 Å². The molecule has 2 saturated heterocycles. The molecule has 3 aliphatic rings. The second kappa shape index (κ2) is 11.2. The number of likely N-dealkylation sites (tertiary alicyclic amines) is 1. The van der Waals surface area contributed by atoms with Gasteiger partial charge in [0.1, 0.15) is 0 Å². The number of nitrogens with one attached hydrogen (secondary N) is 1. The van der Waals surface area contributed by atoms with Crippen LogP contribution in [0.1, 0.15) is 51.4 Å². The minimum absolute atomic E-state index is 0. The van der Waals surface area contributed by atoms with E-state index in [4.69, 9.17) is 15.2 Å². The molecule has 0 aromatic carbocycles. The summed E-state index contributed by atoms with van der Waals surface area (Å²) in [5, 5.41) is 3.30. The van der Waals surface area contributed by atoms with Crippen molar-refractivity contribution in [3.8, 4) is 0 Å². The van der Waals surface area contributed by atoms with Gasteiger partial charge in [0.15, 0.2) is 0 Å². The lowest BCUT2D eigenvalue weighted by molar-refractivity contribution is -0.136. The number of ether oxygens (including phenoxy) is 2. The molecule has 0 aromatic rings. The summed E-state index contributed by atoms with van der Waals surface area (Å²) in [5.74, 6) is 0.136. The summed E-state index contributed by atoms with van der Waals surface area (Å²) in [6.45, 7) is 4.59. The SMILES string of the molecule is COC1CCN(C2(CNC(=O)C3(CN)CCOCC3)CCCC2)CC1.Cl.Cl. The van der Waals surface area contributed by atoms with Gasteiger partial charge < -0.3 is 20.5 Å². The summed E-state index contributed by atoms with van der Waals surface area (Å²) in [7, 11) is 1.81. The van der Waals surface area contributed by atoms with Gasteiger partial charge in [-0.25, -0.2) is 0 Å². The van der Waals surface area contributed by atoms with Gasteiger partial charge in [-0.05, 0) is 38.5 Å². The number of hydrogen-bond donors (Lipinski definition) is 2. The van der Waals surface area contributed by atoms with Gasteiger partial charge in [0.2, 0.25) is 5.91 Å². The number of piperidine rings is 1. The predicted octanol–water partition coefficient (Wildman–Crippen LogP) is 2.13. The maximum Gasteiger partial charge on any atom is 0.227 e. The molecule has 0 aromatic heterocycles. The predicted molar refractivity (Wildman–Crippen MR) is 112 cm³/mol. The van der Waals surface area contributed by atoms with E-state index >= 15 is 0 Å². The summed E-state index contributed by atoms with van der Waals surface area (Å²) in [6.07, 6.45) is 8.95. The molecule has 0 atom stereocenters. The van der Waals surface area contributed by atoms with E-state index in [0.717, 1.165) is 45.3 Å². The monoisotopic (exact) mass is 425 g/mol. The van der Waals surface area contributed by atoms with Crippen molar-refractivity contribution >= 4 is 30.7 Å². The summed E-state index contributed by atoms with van der Waals surface area (Å²) in [4.78, 5) is 15.6. The molecule has 1 saturated carbocycles. The Hall–Kier alpha value is -0.110. The van der Waals surface area contributed by atoms with E-state index < -0.39 is 5.41 Å². The first kappa shape index (κ1) is 24.9. The Bertz CT molecular complexity index is 447. The van der Waals surface area contributed by atoms with Crippen molar-refractivity contribution in [2.75, 3.05) is 46.5 Å². The van der Waals surface area contributed by atoms with Crippen LogP contribution in [0.15, 0.2) is 0 Å². The largest absolute Gasteiger partial charge is 0.381 e. The highest BCUT2D eigenvalue weighted by Gasteiger charge is 2.44. The average molecular weight is 426 g/mol. The zero-order valence-electron chi connectivity index (χ0n) is 16.5. The lowest BCUT2D eigenvalue weighted by Gasteiger charge is -2.45. The average Bonchev–Trinajstić information content (AvgIpc) is 3.17. The van der Waals surface area contributed by atoms with E-state index in [9.17, 15) is 4.79 Å². The second-order valence-corrected chi connectivity index (χ2v) is 8.13. The third-order valence-electron chi connectivity index (χ3n) is 6.88. The van der Waals surface area contributed by atoms with E-state index in [1.54, 1.807) is 0 Å². The van der Waals surface area contributed by atoms with Gasteiger partial charge in [-0.1, -0.05) is 12.8 Å². The van der Waals surface area contributed by atoms with Crippen LogP contribution in [0.3, 0.4) is 0 Å². The molecular weight excluding hydrogens is 389 g/mol. The highest BCUT2D eigenvalue weighted by Crippen LogP contribution is 2.37. The van der Waals surface area contributed by atoms with E-state index in [0.29, 0.717) is 25.9 Å². The minimum atomic E-state index is -0.429. The molecule has 0 spiro atoms. The van der Waals surface area contributed by atoms with Crippen molar-refractivity contribution in [2.45, 2.75) is 63.0 Å². The number of halogens is 2. The van der Waals surface area contributed by atoms with Crippen molar-refractivity contribution in [3.63, 3.8) is 0 Å². The molecule has 1 aliphatic carbocycles. The molecule has 3 fully saturated rings. The quantitative estimate of drug-likeness (QED) is 0.681. The number of methoxy groups -OCH3 is 1. The molecule has 1 amide bonds. The summed E-state index contributed by atoms with van der Waals surface area (Å²) >= 11 is 0. The standard InChI is InChI=1S/C19H35N3O3.2ClH/c1-24-16-4-10-22(11-5-16)19(6-2-3-7-19)15-21-17(23)18(14-20)8-12-25-13-9-18;;/h16H,2-15,20H2,1H3,(H,21,23);2*1H. The molecule has 6 nitrogen and oxygen atoms in total. The van der Waals surface area contributed by atoms with E-state index in [1.807, 2.05) is 7.11 Å². The highest BCUT2D eigenvalue weighted by atomic mass is 35.5. The summed E-state index contributed by atoms with van der Waals surface area (Å²) < 4.78 is 11.0. The fraction of sp³-hybridized carbons (Fsp3) is 0.947. The van der Waals surface area contributed by atoms with Gasteiger partial charge in [-0.15, -0.1) is 24.8 Å². The van der Waals surface area contributed by atoms with Crippen LogP contribution in [-0.4, -0.2) is 69.0 Å². The first-order valence-corrected chi connectivity index (χ1v) is 9.98. The molecule has 3 N–H and O–H groups in total. The molecule has 2 heterocycles. The topological polar surface area (TPSA) is 76.8 Å². The number of carbonyl (C=O) groups is 1. The van der Waals surface area contributed by atoms with Crippen LogP contribution in [-0.2, 0) is 14.3 Å². The fourth-order valence-electron chi connectivity index (χ4n) is 4.92. The second-order valence-electron chi connectivity index (χ2n) is 8.13. The number of amides is 1. The third-order valence-corrected chi connectivity index (χ3v) is 6.88. The van der Waals surface area contributed by atoms with Crippen LogP contribution in [0.25, 0.3) is 0 Å². The third kappa shape index (κ3) is 5.49. The van der Waals surface area contributed by atoms with E-state index in [-0.39, 0.29) is 36.3 Å². The summed E-state index contributed by atoms with van der Waals surface area (Å²) in [5.41, 5.74) is 5.69. The first-order chi connectivity index (χ1) is 12.1. The van der Waals surface area contributed by atoms with Gasteiger partial charge in [0.25, 0.3) is 0 Å². The van der Waals surface area contributed by atoms with Crippen molar-refractivity contribution in [1.82, 2.24) is 10.2 Å².